The van der Waals surface area contributed by atoms with Gasteiger partial charge in [0.2, 0.25) is 11.8 Å². The van der Waals surface area contributed by atoms with E-state index in [9.17, 15) is 9.59 Å². The molecule has 2 amide bonds. The first-order valence-electron chi connectivity index (χ1n) is 12.3. The number of rotatable bonds is 7. The van der Waals surface area contributed by atoms with Gasteiger partial charge >= 0.3 is 0 Å². The Balaban J connectivity index is 1.18. The second kappa shape index (κ2) is 10.1. The van der Waals surface area contributed by atoms with Crippen molar-refractivity contribution in [1.82, 2.24) is 20.0 Å². The highest BCUT2D eigenvalue weighted by Gasteiger charge is 2.34. The van der Waals surface area contributed by atoms with Crippen LogP contribution in [-0.2, 0) is 16.1 Å². The maximum Gasteiger partial charge on any atom is 0.237 e. The van der Waals surface area contributed by atoms with Crippen molar-refractivity contribution >= 4 is 11.8 Å². The zero-order chi connectivity index (χ0) is 22.6. The van der Waals surface area contributed by atoms with Crippen molar-refractivity contribution in [3.8, 4) is 11.1 Å². The maximum atomic E-state index is 13.1. The zero-order valence-electron chi connectivity index (χ0n) is 19.3. The summed E-state index contributed by atoms with van der Waals surface area (Å²) >= 11 is 0. The molecule has 1 saturated carbocycles. The van der Waals surface area contributed by atoms with Crippen LogP contribution in [0.2, 0.25) is 0 Å². The monoisotopic (exact) mass is 446 g/mol. The van der Waals surface area contributed by atoms with E-state index in [1.54, 1.807) is 0 Å². The largest absolute Gasteiger partial charge is 0.353 e. The molecule has 1 aliphatic carbocycles. The van der Waals surface area contributed by atoms with Crippen LogP contribution in [0.5, 0.6) is 0 Å². The molecule has 33 heavy (non-hydrogen) atoms. The molecular formula is C27H34N4O2. The fraction of sp³-hybridized carbons (Fsp3) is 0.481. The first-order chi connectivity index (χ1) is 16.2. The van der Waals surface area contributed by atoms with Crippen molar-refractivity contribution in [2.24, 2.45) is 5.92 Å². The van der Waals surface area contributed by atoms with Crippen LogP contribution in [0, 0.1) is 5.92 Å². The predicted molar refractivity (Wildman–Crippen MR) is 129 cm³/mol. The Bertz CT molecular complexity index is 950. The van der Waals surface area contributed by atoms with Gasteiger partial charge in [-0.15, -0.1) is 0 Å². The van der Waals surface area contributed by atoms with Crippen molar-refractivity contribution in [2.45, 2.75) is 31.8 Å². The van der Waals surface area contributed by atoms with E-state index in [4.69, 9.17) is 0 Å². The van der Waals surface area contributed by atoms with Crippen LogP contribution in [0.4, 0.5) is 0 Å². The van der Waals surface area contributed by atoms with E-state index < -0.39 is 6.04 Å². The molecule has 5 rings (SSSR count). The Labute approximate surface area is 196 Å². The Morgan fingerprint density at radius 2 is 1.58 bits per heavy atom. The normalized spacial score (nSPS) is 22.2. The molecule has 0 spiro atoms. The standard InChI is InChI=1S/C27H34N4O2/c32-26(30-16-14-29(15-17-30)19-21-6-7-21)18-25-27(33)28-12-13-31(25)20-22-8-10-24(11-9-22)23-4-2-1-3-5-23/h1-5,8-11,21,25H,6-7,12-20H2,(H,28,33)/t25-/m0/s1. The number of carbonyl (C=O) groups is 2. The molecule has 174 valence electrons. The Morgan fingerprint density at radius 1 is 0.879 bits per heavy atom. The average molecular weight is 447 g/mol. The lowest BCUT2D eigenvalue weighted by Gasteiger charge is -2.38. The number of nitrogens with zero attached hydrogens (tertiary/aromatic N) is 3. The molecule has 1 atom stereocenters. The first kappa shape index (κ1) is 22.1. The summed E-state index contributed by atoms with van der Waals surface area (Å²) in [6.07, 6.45) is 2.98. The van der Waals surface area contributed by atoms with Crippen molar-refractivity contribution < 1.29 is 9.59 Å². The van der Waals surface area contributed by atoms with Crippen LogP contribution in [0.3, 0.4) is 0 Å². The molecule has 0 unspecified atom stereocenters. The molecule has 3 fully saturated rings. The fourth-order valence-electron chi connectivity index (χ4n) is 4.98. The number of carbonyl (C=O) groups excluding carboxylic acids is 2. The minimum absolute atomic E-state index is 0.0251. The van der Waals surface area contributed by atoms with Gasteiger partial charge in [-0.2, -0.15) is 0 Å². The van der Waals surface area contributed by atoms with Crippen molar-refractivity contribution in [3.05, 3.63) is 60.2 Å². The molecule has 3 aliphatic rings. The van der Waals surface area contributed by atoms with Gasteiger partial charge < -0.3 is 10.2 Å². The van der Waals surface area contributed by atoms with Crippen molar-refractivity contribution in [2.75, 3.05) is 45.8 Å². The lowest BCUT2D eigenvalue weighted by molar-refractivity contribution is -0.140. The number of hydrogen-bond acceptors (Lipinski definition) is 4. The van der Waals surface area contributed by atoms with Crippen LogP contribution in [0.25, 0.3) is 11.1 Å². The smallest absolute Gasteiger partial charge is 0.237 e. The maximum absolute atomic E-state index is 13.1. The van der Waals surface area contributed by atoms with E-state index >= 15 is 0 Å². The summed E-state index contributed by atoms with van der Waals surface area (Å²) in [4.78, 5) is 32.4. The summed E-state index contributed by atoms with van der Waals surface area (Å²) in [7, 11) is 0. The lowest BCUT2D eigenvalue weighted by atomic mass is 10.0. The first-order valence-corrected chi connectivity index (χ1v) is 12.3. The van der Waals surface area contributed by atoms with E-state index in [0.29, 0.717) is 13.1 Å². The van der Waals surface area contributed by atoms with Gasteiger partial charge in [0.05, 0.1) is 12.5 Å². The molecular weight excluding hydrogens is 412 g/mol. The highest BCUT2D eigenvalue weighted by molar-refractivity contribution is 5.89. The SMILES string of the molecule is O=C1NCCN(Cc2ccc(-c3ccccc3)cc2)[C@H]1CC(=O)N1CCN(CC2CC2)CC1. The molecule has 0 radical (unpaired) electrons. The minimum Gasteiger partial charge on any atom is -0.353 e. The number of benzene rings is 2. The summed E-state index contributed by atoms with van der Waals surface area (Å²) in [5.41, 5.74) is 3.54. The minimum atomic E-state index is -0.399. The van der Waals surface area contributed by atoms with E-state index in [1.165, 1.54) is 30.5 Å². The Morgan fingerprint density at radius 3 is 2.27 bits per heavy atom. The summed E-state index contributed by atoms with van der Waals surface area (Å²) in [5, 5.41) is 2.96. The molecule has 2 aromatic carbocycles. The molecule has 2 saturated heterocycles. The molecule has 0 aromatic heterocycles. The molecule has 6 nitrogen and oxygen atoms in total. The van der Waals surface area contributed by atoms with Gasteiger partial charge in [-0.3, -0.25) is 19.4 Å². The number of piperazine rings is 2. The summed E-state index contributed by atoms with van der Waals surface area (Å²) in [6.45, 7) is 6.72. The second-order valence-corrected chi connectivity index (χ2v) is 9.67. The van der Waals surface area contributed by atoms with Gasteiger partial charge in [0.15, 0.2) is 0 Å². The van der Waals surface area contributed by atoms with E-state index in [-0.39, 0.29) is 18.2 Å². The topological polar surface area (TPSA) is 55.9 Å². The number of amides is 2. The Kier molecular flexibility index (Phi) is 6.74. The van der Waals surface area contributed by atoms with E-state index in [2.05, 4.69) is 51.5 Å². The molecule has 1 N–H and O–H groups in total. The van der Waals surface area contributed by atoms with Gasteiger partial charge in [0.25, 0.3) is 0 Å². The van der Waals surface area contributed by atoms with E-state index in [1.807, 2.05) is 23.1 Å². The Hall–Kier alpha value is -2.70. The van der Waals surface area contributed by atoms with Gasteiger partial charge in [-0.1, -0.05) is 54.6 Å². The van der Waals surface area contributed by atoms with Crippen LogP contribution in [0.15, 0.2) is 54.6 Å². The number of nitrogens with one attached hydrogen (secondary N) is 1. The zero-order valence-corrected chi connectivity index (χ0v) is 19.3. The quantitative estimate of drug-likeness (QED) is 0.710. The fourth-order valence-corrected chi connectivity index (χ4v) is 4.98. The number of hydrogen-bond donors (Lipinski definition) is 1. The van der Waals surface area contributed by atoms with Crippen molar-refractivity contribution in [3.63, 3.8) is 0 Å². The third-order valence-corrected chi connectivity index (χ3v) is 7.19. The van der Waals surface area contributed by atoms with Crippen LogP contribution < -0.4 is 5.32 Å². The van der Waals surface area contributed by atoms with E-state index in [0.717, 1.165) is 44.2 Å². The molecule has 2 aliphatic heterocycles. The average Bonchev–Trinajstić information content (AvgIpc) is 3.67. The van der Waals surface area contributed by atoms with Crippen LogP contribution in [0.1, 0.15) is 24.8 Å². The molecule has 2 heterocycles. The molecule has 0 bridgehead atoms. The van der Waals surface area contributed by atoms with Crippen molar-refractivity contribution in [1.29, 1.82) is 0 Å². The van der Waals surface area contributed by atoms with Gasteiger partial charge in [-0.05, 0) is 35.4 Å². The summed E-state index contributed by atoms with van der Waals surface area (Å²) < 4.78 is 0. The van der Waals surface area contributed by atoms with Gasteiger partial charge in [0.1, 0.15) is 0 Å². The molecule has 2 aromatic rings. The molecule has 6 heteroatoms. The van der Waals surface area contributed by atoms with Gasteiger partial charge in [-0.25, -0.2) is 0 Å². The highest BCUT2D eigenvalue weighted by Crippen LogP contribution is 2.30. The van der Waals surface area contributed by atoms with Crippen LogP contribution >= 0.6 is 0 Å². The third kappa shape index (κ3) is 5.63. The highest BCUT2D eigenvalue weighted by atomic mass is 16.2. The summed E-state index contributed by atoms with van der Waals surface area (Å²) in [5.74, 6) is 0.962. The third-order valence-electron chi connectivity index (χ3n) is 7.19. The lowest BCUT2D eigenvalue weighted by Crippen LogP contribution is -2.57. The second-order valence-electron chi connectivity index (χ2n) is 9.67. The van der Waals surface area contributed by atoms with Crippen LogP contribution in [-0.4, -0.2) is 78.4 Å². The predicted octanol–water partition coefficient (Wildman–Crippen LogP) is 2.60. The van der Waals surface area contributed by atoms with Gasteiger partial charge in [0, 0.05) is 52.4 Å². The summed E-state index contributed by atoms with van der Waals surface area (Å²) in [6, 6.07) is 18.5.